The van der Waals surface area contributed by atoms with E-state index in [4.69, 9.17) is 9.78 Å². The molecule has 0 N–H and O–H groups in total. The molecular formula is C15H17N5O3S. The van der Waals surface area contributed by atoms with Crippen molar-refractivity contribution in [2.75, 3.05) is 13.1 Å². The zero-order valence-electron chi connectivity index (χ0n) is 13.2. The van der Waals surface area contributed by atoms with Gasteiger partial charge in [0, 0.05) is 32.6 Å². The summed E-state index contributed by atoms with van der Waals surface area (Å²) in [6, 6.07) is 4.79. The molecule has 3 heterocycles. The lowest BCUT2D eigenvalue weighted by molar-refractivity contribution is 0.261. The van der Waals surface area contributed by atoms with Crippen LogP contribution >= 0.6 is 0 Å². The number of sulfonamides is 1. The van der Waals surface area contributed by atoms with Crippen LogP contribution in [-0.2, 0) is 16.4 Å². The van der Waals surface area contributed by atoms with Gasteiger partial charge in [-0.2, -0.15) is 14.6 Å². The average Bonchev–Trinajstić information content (AvgIpc) is 3.00. The van der Waals surface area contributed by atoms with E-state index in [9.17, 15) is 8.42 Å². The fraction of sp³-hybridized carbons (Fsp3) is 0.467. The second kappa shape index (κ2) is 6.67. The average molecular weight is 347 g/mol. The SMILES string of the molecule is Cc1nc(CC2CCCN(S(=O)(=O)c3cccnc3C#N)C2)no1. The Balaban J connectivity index is 1.80. The summed E-state index contributed by atoms with van der Waals surface area (Å²) in [6.45, 7) is 2.53. The number of aromatic nitrogens is 3. The van der Waals surface area contributed by atoms with Gasteiger partial charge in [-0.15, -0.1) is 0 Å². The molecule has 0 aliphatic carbocycles. The number of piperidine rings is 1. The first-order valence-electron chi connectivity index (χ1n) is 7.65. The number of aryl methyl sites for hydroxylation is 1. The summed E-state index contributed by atoms with van der Waals surface area (Å²) in [5.74, 6) is 1.21. The van der Waals surface area contributed by atoms with Gasteiger partial charge in [0.1, 0.15) is 11.0 Å². The van der Waals surface area contributed by atoms with Gasteiger partial charge in [0.15, 0.2) is 11.5 Å². The van der Waals surface area contributed by atoms with E-state index in [2.05, 4.69) is 15.1 Å². The molecule has 1 aliphatic rings. The Morgan fingerprint density at radius 1 is 1.50 bits per heavy atom. The highest BCUT2D eigenvalue weighted by molar-refractivity contribution is 7.89. The highest BCUT2D eigenvalue weighted by Crippen LogP contribution is 2.26. The summed E-state index contributed by atoms with van der Waals surface area (Å²) >= 11 is 0. The van der Waals surface area contributed by atoms with Crippen LogP contribution in [0.15, 0.2) is 27.7 Å². The minimum absolute atomic E-state index is 0.0384. The fourth-order valence-corrected chi connectivity index (χ4v) is 4.56. The fourth-order valence-electron chi connectivity index (χ4n) is 2.92. The van der Waals surface area contributed by atoms with Crippen LogP contribution in [0.25, 0.3) is 0 Å². The molecule has 126 valence electrons. The minimum atomic E-state index is -3.74. The first-order chi connectivity index (χ1) is 11.5. The molecule has 0 radical (unpaired) electrons. The van der Waals surface area contributed by atoms with Gasteiger partial charge < -0.3 is 4.52 Å². The van der Waals surface area contributed by atoms with Crippen LogP contribution in [0.4, 0.5) is 0 Å². The largest absolute Gasteiger partial charge is 0.340 e. The van der Waals surface area contributed by atoms with Crippen molar-refractivity contribution in [1.82, 2.24) is 19.4 Å². The van der Waals surface area contributed by atoms with E-state index >= 15 is 0 Å². The molecule has 0 bridgehead atoms. The lowest BCUT2D eigenvalue weighted by Crippen LogP contribution is -2.40. The summed E-state index contributed by atoms with van der Waals surface area (Å²) in [5, 5.41) is 13.0. The monoisotopic (exact) mass is 347 g/mol. The Labute approximate surface area is 140 Å². The van der Waals surface area contributed by atoms with Crippen LogP contribution in [0.3, 0.4) is 0 Å². The molecule has 9 heteroatoms. The highest BCUT2D eigenvalue weighted by Gasteiger charge is 2.32. The van der Waals surface area contributed by atoms with Crippen LogP contribution in [0, 0.1) is 24.2 Å². The first kappa shape index (κ1) is 16.5. The maximum atomic E-state index is 12.9. The number of hydrogen-bond donors (Lipinski definition) is 0. The third-order valence-corrected chi connectivity index (χ3v) is 5.91. The summed E-state index contributed by atoms with van der Waals surface area (Å²) in [7, 11) is -3.74. The number of rotatable bonds is 4. The van der Waals surface area contributed by atoms with Gasteiger partial charge in [0.05, 0.1) is 0 Å². The van der Waals surface area contributed by atoms with Gasteiger partial charge in [-0.3, -0.25) is 0 Å². The van der Waals surface area contributed by atoms with Gasteiger partial charge in [0.2, 0.25) is 15.9 Å². The third kappa shape index (κ3) is 3.29. The van der Waals surface area contributed by atoms with Crippen LogP contribution < -0.4 is 0 Å². The molecule has 1 saturated heterocycles. The van der Waals surface area contributed by atoms with Crippen molar-refractivity contribution in [2.45, 2.75) is 31.1 Å². The summed E-state index contributed by atoms with van der Waals surface area (Å²) in [4.78, 5) is 7.99. The molecular weight excluding hydrogens is 330 g/mol. The van der Waals surface area contributed by atoms with Gasteiger partial charge in [0.25, 0.3) is 0 Å². The van der Waals surface area contributed by atoms with Crippen molar-refractivity contribution in [3.05, 3.63) is 35.7 Å². The van der Waals surface area contributed by atoms with Crippen molar-refractivity contribution in [2.24, 2.45) is 5.92 Å². The van der Waals surface area contributed by atoms with Crippen molar-refractivity contribution in [3.63, 3.8) is 0 Å². The predicted molar refractivity (Wildman–Crippen MR) is 83.2 cm³/mol. The Kier molecular flexibility index (Phi) is 4.59. The van der Waals surface area contributed by atoms with E-state index in [0.717, 1.165) is 12.8 Å². The summed E-state index contributed by atoms with van der Waals surface area (Å²) in [5.41, 5.74) is -0.0755. The Bertz CT molecular complexity index is 871. The molecule has 0 aromatic carbocycles. The molecule has 2 aromatic heterocycles. The maximum Gasteiger partial charge on any atom is 0.245 e. The summed E-state index contributed by atoms with van der Waals surface area (Å²) < 4.78 is 32.1. The van der Waals surface area contributed by atoms with E-state index in [1.54, 1.807) is 6.92 Å². The zero-order chi connectivity index (χ0) is 17.2. The number of nitrogens with zero attached hydrogens (tertiary/aromatic N) is 5. The normalized spacial score (nSPS) is 19.1. The molecule has 1 atom stereocenters. The standard InChI is InChI=1S/C15H17N5O3S/c1-11-18-15(19-23-11)8-12-4-3-7-20(10-12)24(21,22)14-5-2-6-17-13(14)9-16/h2,5-6,12H,3-4,7-8,10H2,1H3. The number of nitriles is 1. The molecule has 1 fully saturated rings. The number of hydrogen-bond acceptors (Lipinski definition) is 7. The van der Waals surface area contributed by atoms with E-state index < -0.39 is 10.0 Å². The van der Waals surface area contributed by atoms with Crippen molar-refractivity contribution >= 4 is 10.0 Å². The molecule has 0 saturated carbocycles. The molecule has 1 unspecified atom stereocenters. The lowest BCUT2D eigenvalue weighted by atomic mass is 9.96. The van der Waals surface area contributed by atoms with Crippen LogP contribution in [0.1, 0.15) is 30.3 Å². The quantitative estimate of drug-likeness (QED) is 0.818. The molecule has 24 heavy (non-hydrogen) atoms. The smallest absolute Gasteiger partial charge is 0.245 e. The third-order valence-electron chi connectivity index (χ3n) is 4.02. The van der Waals surface area contributed by atoms with Crippen LogP contribution in [0.5, 0.6) is 0 Å². The van der Waals surface area contributed by atoms with Gasteiger partial charge in [-0.05, 0) is 30.9 Å². The Morgan fingerprint density at radius 2 is 2.33 bits per heavy atom. The van der Waals surface area contributed by atoms with Crippen molar-refractivity contribution in [1.29, 1.82) is 5.26 Å². The molecule has 0 spiro atoms. The maximum absolute atomic E-state index is 12.9. The van der Waals surface area contributed by atoms with Gasteiger partial charge >= 0.3 is 0 Å². The molecule has 8 nitrogen and oxygen atoms in total. The summed E-state index contributed by atoms with van der Waals surface area (Å²) in [6.07, 6.45) is 3.64. The molecule has 2 aromatic rings. The second-order valence-electron chi connectivity index (χ2n) is 5.77. The zero-order valence-corrected chi connectivity index (χ0v) is 14.0. The van der Waals surface area contributed by atoms with Gasteiger partial charge in [-0.25, -0.2) is 13.4 Å². The highest BCUT2D eigenvalue weighted by atomic mass is 32.2. The van der Waals surface area contributed by atoms with Crippen molar-refractivity contribution < 1.29 is 12.9 Å². The molecule has 0 amide bonds. The van der Waals surface area contributed by atoms with E-state index in [-0.39, 0.29) is 16.5 Å². The Hall–Kier alpha value is -2.31. The van der Waals surface area contributed by atoms with Crippen molar-refractivity contribution in [3.8, 4) is 6.07 Å². The van der Waals surface area contributed by atoms with E-state index in [1.807, 2.05) is 6.07 Å². The van der Waals surface area contributed by atoms with E-state index in [1.165, 1.54) is 22.6 Å². The lowest BCUT2D eigenvalue weighted by Gasteiger charge is -2.31. The minimum Gasteiger partial charge on any atom is -0.340 e. The van der Waals surface area contributed by atoms with E-state index in [0.29, 0.717) is 31.2 Å². The first-order valence-corrected chi connectivity index (χ1v) is 9.09. The molecule has 1 aliphatic heterocycles. The topological polar surface area (TPSA) is 113 Å². The second-order valence-corrected chi connectivity index (χ2v) is 7.67. The van der Waals surface area contributed by atoms with Gasteiger partial charge in [-0.1, -0.05) is 5.16 Å². The van der Waals surface area contributed by atoms with Crippen LogP contribution in [-0.4, -0.2) is 40.9 Å². The van der Waals surface area contributed by atoms with Crippen LogP contribution in [0.2, 0.25) is 0 Å². The number of pyridine rings is 1. The predicted octanol–water partition coefficient (Wildman–Crippen LogP) is 1.29. The molecule has 3 rings (SSSR count). The Morgan fingerprint density at radius 3 is 3.04 bits per heavy atom.